The Hall–Kier alpha value is -3.06. The molecule has 6 nitrogen and oxygen atoms in total. The van der Waals surface area contributed by atoms with Gasteiger partial charge in [-0.1, -0.05) is 48.2 Å². The lowest BCUT2D eigenvalue weighted by Crippen LogP contribution is -2.31. The molecule has 2 aromatic carbocycles. The minimum Gasteiger partial charge on any atom is -0.441 e. The molecule has 1 aliphatic heterocycles. The number of aromatic nitrogens is 4. The maximum absolute atomic E-state index is 5.93. The number of nitrogens with zero attached hydrogens (tertiary/aromatic N) is 5. The van der Waals surface area contributed by atoms with Gasteiger partial charge in [0.15, 0.2) is 5.16 Å². The number of hydrogen-bond donors (Lipinski definition) is 0. The Labute approximate surface area is 186 Å². The average Bonchev–Trinajstić information content (AvgIpc) is 3.43. The number of para-hydroxylation sites is 1. The molecule has 1 saturated heterocycles. The summed E-state index contributed by atoms with van der Waals surface area (Å²) in [6.07, 6.45) is 3.68. The van der Waals surface area contributed by atoms with Crippen LogP contribution in [0.1, 0.15) is 30.7 Å². The van der Waals surface area contributed by atoms with Crippen LogP contribution in [0, 0.1) is 6.92 Å². The smallest absolute Gasteiger partial charge is 0.232 e. The molecule has 3 heterocycles. The molecule has 0 N–H and O–H groups in total. The zero-order chi connectivity index (χ0) is 21.0. The summed E-state index contributed by atoms with van der Waals surface area (Å²) in [6, 6.07) is 20.4. The molecule has 0 saturated carbocycles. The van der Waals surface area contributed by atoms with E-state index in [1.54, 1.807) is 11.8 Å². The van der Waals surface area contributed by atoms with Gasteiger partial charge in [-0.2, -0.15) is 0 Å². The summed E-state index contributed by atoms with van der Waals surface area (Å²) in [5.74, 6) is 3.10. The molecule has 0 unspecified atom stereocenters. The third-order valence-corrected chi connectivity index (χ3v) is 6.46. The van der Waals surface area contributed by atoms with E-state index in [0.717, 1.165) is 46.9 Å². The van der Waals surface area contributed by atoms with Gasteiger partial charge in [-0.3, -0.25) is 4.57 Å². The minimum atomic E-state index is 0.659. The predicted octanol–water partition coefficient (Wildman–Crippen LogP) is 5.51. The van der Waals surface area contributed by atoms with Crippen molar-refractivity contribution in [2.45, 2.75) is 37.1 Å². The van der Waals surface area contributed by atoms with Crippen molar-refractivity contribution in [1.82, 2.24) is 19.7 Å². The van der Waals surface area contributed by atoms with Gasteiger partial charge in [0.1, 0.15) is 5.76 Å². The van der Waals surface area contributed by atoms with Crippen LogP contribution >= 0.6 is 11.8 Å². The van der Waals surface area contributed by atoms with Gasteiger partial charge in [-0.05, 0) is 50.5 Å². The molecule has 4 aromatic rings. The van der Waals surface area contributed by atoms with Gasteiger partial charge in [0.25, 0.3) is 0 Å². The molecule has 0 spiro atoms. The molecular formula is C24H25N5OS. The van der Waals surface area contributed by atoms with E-state index in [0.29, 0.717) is 11.6 Å². The van der Waals surface area contributed by atoms with Crippen molar-refractivity contribution in [3.63, 3.8) is 0 Å². The van der Waals surface area contributed by atoms with Crippen LogP contribution in [0.4, 0.5) is 5.95 Å². The first-order valence-corrected chi connectivity index (χ1v) is 11.7. The molecule has 31 heavy (non-hydrogen) atoms. The van der Waals surface area contributed by atoms with Crippen LogP contribution in [0.5, 0.6) is 0 Å². The fourth-order valence-corrected chi connectivity index (χ4v) is 4.80. The van der Waals surface area contributed by atoms with Crippen LogP contribution in [0.25, 0.3) is 17.1 Å². The summed E-state index contributed by atoms with van der Waals surface area (Å²) in [6.45, 7) is 4.02. The highest BCUT2D eigenvalue weighted by Crippen LogP contribution is 2.31. The second kappa shape index (κ2) is 8.98. The summed E-state index contributed by atoms with van der Waals surface area (Å²) in [7, 11) is 0. The first-order valence-electron chi connectivity index (χ1n) is 10.7. The maximum Gasteiger partial charge on any atom is 0.232 e. The number of oxazole rings is 1. The molecule has 0 aliphatic carbocycles. The summed E-state index contributed by atoms with van der Waals surface area (Å²) in [5.41, 5.74) is 3.00. The third-order valence-electron chi connectivity index (χ3n) is 5.52. The van der Waals surface area contributed by atoms with Crippen molar-refractivity contribution in [3.8, 4) is 17.1 Å². The minimum absolute atomic E-state index is 0.659. The second-order valence-electron chi connectivity index (χ2n) is 7.68. The molecule has 7 heteroatoms. The largest absolute Gasteiger partial charge is 0.441 e. The van der Waals surface area contributed by atoms with Crippen LogP contribution in [-0.4, -0.2) is 32.8 Å². The zero-order valence-electron chi connectivity index (χ0n) is 17.6. The van der Waals surface area contributed by atoms with Crippen LogP contribution in [-0.2, 0) is 5.75 Å². The topological polar surface area (TPSA) is 60.0 Å². The standard InChI is InChI=1S/C24H25N5OS/c1-18-21(25-22(30-18)19-11-5-2-6-12-19)17-31-24-27-26-23(28-15-9-4-10-16-28)29(24)20-13-7-3-8-14-20/h2-3,5-8,11-14H,4,9-10,15-17H2,1H3. The number of piperidine rings is 1. The highest BCUT2D eigenvalue weighted by molar-refractivity contribution is 7.98. The van der Waals surface area contributed by atoms with Gasteiger partial charge in [-0.25, -0.2) is 4.98 Å². The quantitative estimate of drug-likeness (QED) is 0.375. The molecule has 5 rings (SSSR count). The van der Waals surface area contributed by atoms with Crippen molar-refractivity contribution in [3.05, 3.63) is 72.1 Å². The Morgan fingerprint density at radius 1 is 0.903 bits per heavy atom. The fourth-order valence-electron chi connectivity index (χ4n) is 3.86. The SMILES string of the molecule is Cc1oc(-c2ccccc2)nc1CSc1nnc(N2CCCCC2)n1-c1ccccc1. The van der Waals surface area contributed by atoms with Crippen molar-refractivity contribution in [2.75, 3.05) is 18.0 Å². The van der Waals surface area contributed by atoms with Crippen molar-refractivity contribution in [1.29, 1.82) is 0 Å². The first kappa shape index (κ1) is 19.9. The van der Waals surface area contributed by atoms with E-state index >= 15 is 0 Å². The van der Waals surface area contributed by atoms with Crippen molar-refractivity contribution >= 4 is 17.7 Å². The molecule has 2 aromatic heterocycles. The Kier molecular flexibility index (Phi) is 5.76. The third kappa shape index (κ3) is 4.23. The number of hydrogen-bond acceptors (Lipinski definition) is 6. The molecule has 158 valence electrons. The Balaban J connectivity index is 1.42. The molecule has 0 atom stereocenters. The van der Waals surface area contributed by atoms with E-state index in [-0.39, 0.29) is 0 Å². The molecule has 0 bridgehead atoms. The van der Waals surface area contributed by atoms with Crippen LogP contribution in [0.3, 0.4) is 0 Å². The second-order valence-corrected chi connectivity index (χ2v) is 8.62. The molecular weight excluding hydrogens is 406 g/mol. The van der Waals surface area contributed by atoms with Gasteiger partial charge in [0.2, 0.25) is 11.8 Å². The van der Waals surface area contributed by atoms with E-state index in [9.17, 15) is 0 Å². The maximum atomic E-state index is 5.93. The van der Waals surface area contributed by atoms with E-state index < -0.39 is 0 Å². The normalized spacial score (nSPS) is 14.2. The van der Waals surface area contributed by atoms with E-state index in [4.69, 9.17) is 9.40 Å². The number of thioether (sulfide) groups is 1. The molecule has 1 fully saturated rings. The summed E-state index contributed by atoms with van der Waals surface area (Å²) in [4.78, 5) is 7.09. The van der Waals surface area contributed by atoms with Gasteiger partial charge in [-0.15, -0.1) is 10.2 Å². The van der Waals surface area contributed by atoms with Crippen molar-refractivity contribution < 1.29 is 4.42 Å². The fraction of sp³-hybridized carbons (Fsp3) is 0.292. The van der Waals surface area contributed by atoms with Crippen LogP contribution in [0.15, 0.2) is 70.2 Å². The van der Waals surface area contributed by atoms with Crippen LogP contribution < -0.4 is 4.90 Å². The highest BCUT2D eigenvalue weighted by atomic mass is 32.2. The van der Waals surface area contributed by atoms with E-state index in [1.807, 2.05) is 43.3 Å². The number of anilines is 1. The summed E-state index contributed by atoms with van der Waals surface area (Å²) in [5, 5.41) is 10.0. The average molecular weight is 432 g/mol. The number of aryl methyl sites for hydroxylation is 1. The predicted molar refractivity (Wildman–Crippen MR) is 124 cm³/mol. The van der Waals surface area contributed by atoms with Gasteiger partial charge < -0.3 is 9.32 Å². The van der Waals surface area contributed by atoms with Gasteiger partial charge >= 0.3 is 0 Å². The molecule has 1 aliphatic rings. The molecule has 0 amide bonds. The van der Waals surface area contributed by atoms with Crippen LogP contribution in [0.2, 0.25) is 0 Å². The Morgan fingerprint density at radius 3 is 2.35 bits per heavy atom. The summed E-state index contributed by atoms with van der Waals surface area (Å²) >= 11 is 1.64. The van der Waals surface area contributed by atoms with Crippen molar-refractivity contribution in [2.24, 2.45) is 0 Å². The lowest BCUT2D eigenvalue weighted by atomic mass is 10.1. The van der Waals surface area contributed by atoms with E-state index in [1.165, 1.54) is 19.3 Å². The lowest BCUT2D eigenvalue weighted by Gasteiger charge is -2.27. The zero-order valence-corrected chi connectivity index (χ0v) is 18.4. The highest BCUT2D eigenvalue weighted by Gasteiger charge is 2.22. The first-order chi connectivity index (χ1) is 15.3. The van der Waals surface area contributed by atoms with Gasteiger partial charge in [0.05, 0.1) is 11.4 Å². The summed E-state index contributed by atoms with van der Waals surface area (Å²) < 4.78 is 8.10. The number of rotatable bonds is 6. The van der Waals surface area contributed by atoms with Gasteiger partial charge in [0, 0.05) is 24.4 Å². The number of benzene rings is 2. The lowest BCUT2D eigenvalue weighted by molar-refractivity contribution is 0.540. The Morgan fingerprint density at radius 2 is 1.61 bits per heavy atom. The van der Waals surface area contributed by atoms with E-state index in [2.05, 4.69) is 43.9 Å². The Bertz CT molecular complexity index is 1130. The monoisotopic (exact) mass is 431 g/mol. The molecule has 0 radical (unpaired) electrons.